The number of carbonyl (C=O) groups excluding carboxylic acids is 1. The number of pyridine rings is 1. The van der Waals surface area contributed by atoms with E-state index in [4.69, 9.17) is 11.6 Å². The summed E-state index contributed by atoms with van der Waals surface area (Å²) in [5.41, 5.74) is 2.38. The van der Waals surface area contributed by atoms with Gasteiger partial charge in [-0.1, -0.05) is 11.6 Å². The zero-order valence-electron chi connectivity index (χ0n) is 17.6. The Balaban J connectivity index is 1.43. The molecule has 2 N–H and O–H groups in total. The van der Waals surface area contributed by atoms with E-state index in [1.807, 2.05) is 0 Å². The van der Waals surface area contributed by atoms with Crippen LogP contribution in [0.3, 0.4) is 0 Å². The summed E-state index contributed by atoms with van der Waals surface area (Å²) in [7, 11) is 0. The van der Waals surface area contributed by atoms with Crippen molar-refractivity contribution in [3.05, 3.63) is 53.5 Å². The smallest absolute Gasteiger partial charge is 0.231 e. The molecule has 4 aromatic heterocycles. The number of fused-ring (bicyclic) bond motifs is 2. The fraction of sp³-hybridized carbons (Fsp3) is 0.238. The van der Waals surface area contributed by atoms with E-state index in [9.17, 15) is 9.18 Å². The number of anilines is 1. The van der Waals surface area contributed by atoms with E-state index in [1.54, 1.807) is 42.0 Å². The van der Waals surface area contributed by atoms with E-state index >= 15 is 4.39 Å². The lowest BCUT2D eigenvalue weighted by molar-refractivity contribution is -0.117. The standard InChI is InChI=1S/C21H16ClF2N9O/c1-9(33-8-26-30-31-33)16-19(24)18(22)17(12-5-25-29-20(12)16)10-2-3-15-27-14(7-32(15)6-10)28-21(34)11-4-13(11)23/h2-3,5-9,11,13H,4H2,1H3,(H,25,29)(H,28,34)/t9-,11+,13-/m0/s1. The van der Waals surface area contributed by atoms with Crippen molar-refractivity contribution in [3.8, 4) is 11.1 Å². The second kappa shape index (κ2) is 7.55. The van der Waals surface area contributed by atoms with Gasteiger partial charge in [-0.05, 0) is 35.9 Å². The number of hydrogen-bond donors (Lipinski definition) is 2. The molecule has 3 atom stereocenters. The van der Waals surface area contributed by atoms with Crippen molar-refractivity contribution in [2.45, 2.75) is 25.6 Å². The number of alkyl halides is 1. The molecule has 4 heterocycles. The largest absolute Gasteiger partial charge is 0.309 e. The van der Waals surface area contributed by atoms with Gasteiger partial charge in [0.1, 0.15) is 24.0 Å². The first-order valence-electron chi connectivity index (χ1n) is 10.4. The molecule has 1 aromatic carbocycles. The summed E-state index contributed by atoms with van der Waals surface area (Å²) in [5, 5.41) is 21.3. The Morgan fingerprint density at radius 2 is 2.18 bits per heavy atom. The molecule has 13 heteroatoms. The molecule has 1 aliphatic carbocycles. The fourth-order valence-electron chi connectivity index (χ4n) is 4.14. The van der Waals surface area contributed by atoms with Crippen LogP contribution in [0.4, 0.5) is 14.6 Å². The van der Waals surface area contributed by atoms with Crippen molar-refractivity contribution < 1.29 is 13.6 Å². The van der Waals surface area contributed by atoms with Gasteiger partial charge in [-0.2, -0.15) is 5.10 Å². The number of imidazole rings is 1. The maximum Gasteiger partial charge on any atom is 0.231 e. The number of aromatic nitrogens is 8. The molecule has 5 aromatic rings. The van der Waals surface area contributed by atoms with Crippen LogP contribution in [0.25, 0.3) is 27.7 Å². The number of halogens is 3. The number of hydrogen-bond acceptors (Lipinski definition) is 6. The number of benzene rings is 1. The molecule has 1 fully saturated rings. The van der Waals surface area contributed by atoms with Crippen molar-refractivity contribution in [3.63, 3.8) is 0 Å². The normalized spacial score (nSPS) is 18.5. The predicted octanol–water partition coefficient (Wildman–Crippen LogP) is 3.56. The van der Waals surface area contributed by atoms with Crippen LogP contribution in [0.15, 0.2) is 37.1 Å². The molecule has 10 nitrogen and oxygen atoms in total. The van der Waals surface area contributed by atoms with Crippen molar-refractivity contribution in [1.82, 2.24) is 39.8 Å². The number of nitrogens with zero attached hydrogens (tertiary/aromatic N) is 7. The Hall–Kier alpha value is -3.93. The molecule has 34 heavy (non-hydrogen) atoms. The van der Waals surface area contributed by atoms with Gasteiger partial charge in [-0.15, -0.1) is 5.10 Å². The molecule has 1 aliphatic rings. The summed E-state index contributed by atoms with van der Waals surface area (Å²) in [6.07, 6.45) is 5.45. The Kier molecular flexibility index (Phi) is 4.59. The number of aromatic amines is 1. The average Bonchev–Trinajstić information content (AvgIpc) is 3.26. The van der Waals surface area contributed by atoms with E-state index in [2.05, 4.69) is 36.0 Å². The Bertz CT molecular complexity index is 1560. The lowest BCUT2D eigenvalue weighted by Gasteiger charge is -2.17. The van der Waals surface area contributed by atoms with Crippen LogP contribution in [0.5, 0.6) is 0 Å². The predicted molar refractivity (Wildman–Crippen MR) is 119 cm³/mol. The first-order valence-corrected chi connectivity index (χ1v) is 10.8. The zero-order chi connectivity index (χ0) is 23.6. The molecular formula is C21H16ClF2N9O. The monoisotopic (exact) mass is 483 g/mol. The Labute approximate surface area is 194 Å². The molecule has 0 radical (unpaired) electrons. The average molecular weight is 484 g/mol. The number of amides is 1. The van der Waals surface area contributed by atoms with Gasteiger partial charge >= 0.3 is 0 Å². The molecule has 0 aliphatic heterocycles. The molecule has 1 saturated carbocycles. The molecule has 0 saturated heterocycles. The summed E-state index contributed by atoms with van der Waals surface area (Å²) in [4.78, 5) is 16.4. The van der Waals surface area contributed by atoms with Gasteiger partial charge in [0.25, 0.3) is 0 Å². The Morgan fingerprint density at radius 1 is 1.35 bits per heavy atom. The highest BCUT2D eigenvalue weighted by molar-refractivity contribution is 6.35. The number of H-pyrrole nitrogens is 1. The molecule has 6 rings (SSSR count). The molecule has 1 amide bonds. The topological polar surface area (TPSA) is 119 Å². The lowest BCUT2D eigenvalue weighted by Crippen LogP contribution is -2.15. The second-order valence-electron chi connectivity index (χ2n) is 8.20. The van der Waals surface area contributed by atoms with Crippen molar-refractivity contribution in [2.24, 2.45) is 5.92 Å². The lowest BCUT2D eigenvalue weighted by atomic mass is 9.97. The third-order valence-electron chi connectivity index (χ3n) is 6.05. The molecular weight excluding hydrogens is 468 g/mol. The SMILES string of the molecule is C[C@@H](c1c(F)c(Cl)c(-c2ccc3nc(NC(=O)[C@@H]4C[C@@H]4F)cn3c2)c2cn[nH]c12)n1cnnn1. The van der Waals surface area contributed by atoms with Crippen molar-refractivity contribution >= 4 is 39.9 Å². The third kappa shape index (κ3) is 3.21. The van der Waals surface area contributed by atoms with Crippen LogP contribution in [-0.2, 0) is 4.79 Å². The minimum atomic E-state index is -1.09. The first-order chi connectivity index (χ1) is 16.4. The highest BCUT2D eigenvalue weighted by Gasteiger charge is 2.43. The number of carbonyl (C=O) groups is 1. The summed E-state index contributed by atoms with van der Waals surface area (Å²) >= 11 is 6.56. The van der Waals surface area contributed by atoms with Crippen LogP contribution < -0.4 is 5.32 Å². The molecule has 0 spiro atoms. The highest BCUT2D eigenvalue weighted by Crippen LogP contribution is 2.41. The maximum absolute atomic E-state index is 15.6. The minimum Gasteiger partial charge on any atom is -0.309 e. The minimum absolute atomic E-state index is 0.0699. The Morgan fingerprint density at radius 3 is 2.91 bits per heavy atom. The fourth-order valence-corrected chi connectivity index (χ4v) is 4.46. The third-order valence-corrected chi connectivity index (χ3v) is 6.40. The van der Waals surface area contributed by atoms with Crippen LogP contribution >= 0.6 is 11.6 Å². The summed E-state index contributed by atoms with van der Waals surface area (Å²) in [6, 6.07) is 2.93. The van der Waals surface area contributed by atoms with Gasteiger partial charge in [0.05, 0.1) is 34.9 Å². The molecule has 172 valence electrons. The van der Waals surface area contributed by atoms with Gasteiger partial charge in [-0.3, -0.25) is 9.89 Å². The number of nitrogens with one attached hydrogen (secondary N) is 2. The van der Waals surface area contributed by atoms with Gasteiger partial charge in [-0.25, -0.2) is 18.4 Å². The molecule has 0 unspecified atom stereocenters. The number of rotatable bonds is 5. The van der Waals surface area contributed by atoms with Crippen LogP contribution in [0.2, 0.25) is 5.02 Å². The van der Waals surface area contributed by atoms with Gasteiger partial charge in [0.15, 0.2) is 5.82 Å². The van der Waals surface area contributed by atoms with E-state index in [0.29, 0.717) is 33.5 Å². The summed E-state index contributed by atoms with van der Waals surface area (Å²) < 4.78 is 31.9. The maximum atomic E-state index is 15.6. The summed E-state index contributed by atoms with van der Waals surface area (Å²) in [6.45, 7) is 1.76. The van der Waals surface area contributed by atoms with Crippen molar-refractivity contribution in [2.75, 3.05) is 5.32 Å². The van der Waals surface area contributed by atoms with Crippen LogP contribution in [0, 0.1) is 11.7 Å². The van der Waals surface area contributed by atoms with Crippen LogP contribution in [0.1, 0.15) is 24.9 Å². The van der Waals surface area contributed by atoms with E-state index < -0.39 is 29.9 Å². The van der Waals surface area contributed by atoms with E-state index in [1.165, 1.54) is 11.0 Å². The van der Waals surface area contributed by atoms with Crippen molar-refractivity contribution in [1.29, 1.82) is 0 Å². The quantitative estimate of drug-likeness (QED) is 0.394. The highest BCUT2D eigenvalue weighted by atomic mass is 35.5. The van der Waals surface area contributed by atoms with Gasteiger partial charge in [0, 0.05) is 28.3 Å². The first kappa shape index (κ1) is 20.7. The van der Waals surface area contributed by atoms with Gasteiger partial charge in [0.2, 0.25) is 5.91 Å². The van der Waals surface area contributed by atoms with E-state index in [0.717, 1.165) is 0 Å². The number of tetrazole rings is 1. The zero-order valence-corrected chi connectivity index (χ0v) is 18.3. The second-order valence-corrected chi connectivity index (χ2v) is 8.58. The van der Waals surface area contributed by atoms with Crippen LogP contribution in [-0.4, -0.2) is 51.9 Å². The molecule has 0 bridgehead atoms. The van der Waals surface area contributed by atoms with Gasteiger partial charge < -0.3 is 9.72 Å². The van der Waals surface area contributed by atoms with E-state index in [-0.39, 0.29) is 17.0 Å². The summed E-state index contributed by atoms with van der Waals surface area (Å²) in [5.74, 6) is -1.32.